The predicted molar refractivity (Wildman–Crippen MR) is 81.9 cm³/mol. The van der Waals surface area contributed by atoms with Gasteiger partial charge in [0.25, 0.3) is 0 Å². The van der Waals surface area contributed by atoms with Crippen LogP contribution < -0.4 is 9.47 Å². The van der Waals surface area contributed by atoms with Crippen LogP contribution in [-0.2, 0) is 0 Å². The molecule has 1 aliphatic rings. The van der Waals surface area contributed by atoms with Gasteiger partial charge < -0.3 is 9.47 Å². The Morgan fingerprint density at radius 1 is 0.952 bits per heavy atom. The van der Waals surface area contributed by atoms with Gasteiger partial charge in [0.05, 0.1) is 0 Å². The molecule has 2 aromatic rings. The molecule has 2 heterocycles. The van der Waals surface area contributed by atoms with Gasteiger partial charge in [0.15, 0.2) is 0 Å². The highest BCUT2D eigenvalue weighted by Crippen LogP contribution is 2.22. The first-order valence-corrected chi connectivity index (χ1v) is 7.44. The Kier molecular flexibility index (Phi) is 4.69. The number of pyridine rings is 1. The molecule has 1 aromatic heterocycles. The largest absolute Gasteiger partial charge is 0.492 e. The van der Waals surface area contributed by atoms with E-state index < -0.39 is 0 Å². The number of rotatable bonds is 6. The van der Waals surface area contributed by atoms with Crippen LogP contribution in [0.3, 0.4) is 0 Å². The molecule has 110 valence electrons. The molecule has 1 fully saturated rings. The monoisotopic (exact) mass is 284 g/mol. The minimum absolute atomic E-state index is 0.597. The zero-order chi connectivity index (χ0) is 14.3. The minimum atomic E-state index is 0.597. The van der Waals surface area contributed by atoms with Gasteiger partial charge in [0.1, 0.15) is 18.1 Å². The molecule has 3 rings (SSSR count). The summed E-state index contributed by atoms with van der Waals surface area (Å²) in [4.78, 5) is 6.57. The Bertz CT molecular complexity index is 536. The molecule has 1 saturated heterocycles. The van der Waals surface area contributed by atoms with Crippen LogP contribution in [0.2, 0.25) is 0 Å². The Morgan fingerprint density at radius 2 is 1.71 bits per heavy atom. The van der Waals surface area contributed by atoms with Gasteiger partial charge in [0.2, 0.25) is 5.88 Å². The standard InChI is InChI=1S/C17H20N2O2/c1-2-10-18-17(5-1)21-16-8-6-15(7-9-16)20-14-13-19-11-3-4-12-19/h1-2,5-10H,3-4,11-14H2. The van der Waals surface area contributed by atoms with Crippen molar-refractivity contribution in [2.24, 2.45) is 0 Å². The van der Waals surface area contributed by atoms with Gasteiger partial charge >= 0.3 is 0 Å². The Labute approximate surface area is 125 Å². The van der Waals surface area contributed by atoms with Crippen molar-refractivity contribution in [2.75, 3.05) is 26.2 Å². The van der Waals surface area contributed by atoms with E-state index in [4.69, 9.17) is 9.47 Å². The highest BCUT2D eigenvalue weighted by Gasteiger charge is 2.10. The van der Waals surface area contributed by atoms with Gasteiger partial charge in [-0.05, 0) is 56.3 Å². The van der Waals surface area contributed by atoms with Crippen LogP contribution in [-0.4, -0.2) is 36.1 Å². The molecule has 0 amide bonds. The van der Waals surface area contributed by atoms with E-state index >= 15 is 0 Å². The second-order valence-corrected chi connectivity index (χ2v) is 5.14. The number of benzene rings is 1. The Morgan fingerprint density at radius 3 is 2.43 bits per heavy atom. The number of ether oxygens (including phenoxy) is 2. The van der Waals surface area contributed by atoms with Crippen molar-refractivity contribution in [1.29, 1.82) is 0 Å². The molecule has 0 bridgehead atoms. The first-order chi connectivity index (χ1) is 10.4. The molecule has 0 N–H and O–H groups in total. The SMILES string of the molecule is c1ccc(Oc2ccc(OCCN3CCCC3)cc2)nc1. The summed E-state index contributed by atoms with van der Waals surface area (Å²) < 4.78 is 11.4. The van der Waals surface area contributed by atoms with Crippen molar-refractivity contribution in [3.63, 3.8) is 0 Å². The van der Waals surface area contributed by atoms with Crippen LogP contribution in [0.5, 0.6) is 17.4 Å². The zero-order valence-electron chi connectivity index (χ0n) is 12.1. The molecule has 0 unspecified atom stereocenters. The first-order valence-electron chi connectivity index (χ1n) is 7.44. The lowest BCUT2D eigenvalue weighted by atomic mass is 10.3. The third-order valence-corrected chi connectivity index (χ3v) is 3.56. The van der Waals surface area contributed by atoms with E-state index in [1.165, 1.54) is 25.9 Å². The van der Waals surface area contributed by atoms with E-state index in [2.05, 4.69) is 9.88 Å². The van der Waals surface area contributed by atoms with Gasteiger partial charge in [-0.3, -0.25) is 4.90 Å². The summed E-state index contributed by atoms with van der Waals surface area (Å²) in [6, 6.07) is 13.3. The quantitative estimate of drug-likeness (QED) is 0.815. The number of aromatic nitrogens is 1. The molecule has 0 aliphatic carbocycles. The molecule has 0 saturated carbocycles. The summed E-state index contributed by atoms with van der Waals surface area (Å²) in [5.41, 5.74) is 0. The lowest BCUT2D eigenvalue weighted by Crippen LogP contribution is -2.25. The normalized spacial score (nSPS) is 15.0. The van der Waals surface area contributed by atoms with Gasteiger partial charge in [-0.1, -0.05) is 6.07 Å². The van der Waals surface area contributed by atoms with Crippen molar-refractivity contribution in [1.82, 2.24) is 9.88 Å². The molecule has 1 aromatic carbocycles. The van der Waals surface area contributed by atoms with E-state index in [9.17, 15) is 0 Å². The van der Waals surface area contributed by atoms with E-state index in [1.807, 2.05) is 42.5 Å². The maximum absolute atomic E-state index is 5.76. The second kappa shape index (κ2) is 7.09. The predicted octanol–water partition coefficient (Wildman–Crippen LogP) is 3.35. The van der Waals surface area contributed by atoms with Crippen LogP contribution >= 0.6 is 0 Å². The van der Waals surface area contributed by atoms with Gasteiger partial charge in [-0.15, -0.1) is 0 Å². The number of likely N-dealkylation sites (tertiary alicyclic amines) is 1. The molecular formula is C17H20N2O2. The lowest BCUT2D eigenvalue weighted by molar-refractivity contribution is 0.237. The number of hydrogen-bond donors (Lipinski definition) is 0. The van der Waals surface area contributed by atoms with Crippen LogP contribution in [0, 0.1) is 0 Å². The number of nitrogens with zero attached hydrogens (tertiary/aromatic N) is 2. The minimum Gasteiger partial charge on any atom is -0.492 e. The van der Waals surface area contributed by atoms with Crippen molar-refractivity contribution in [3.8, 4) is 17.4 Å². The fraction of sp³-hybridized carbons (Fsp3) is 0.353. The maximum Gasteiger partial charge on any atom is 0.219 e. The fourth-order valence-electron chi connectivity index (χ4n) is 2.43. The van der Waals surface area contributed by atoms with Gasteiger partial charge in [-0.25, -0.2) is 4.98 Å². The molecule has 0 radical (unpaired) electrons. The fourth-order valence-corrected chi connectivity index (χ4v) is 2.43. The van der Waals surface area contributed by atoms with Crippen molar-refractivity contribution in [2.45, 2.75) is 12.8 Å². The van der Waals surface area contributed by atoms with Gasteiger partial charge in [-0.2, -0.15) is 0 Å². The van der Waals surface area contributed by atoms with Crippen LogP contribution in [0.1, 0.15) is 12.8 Å². The third-order valence-electron chi connectivity index (χ3n) is 3.56. The Hall–Kier alpha value is -2.07. The van der Waals surface area contributed by atoms with Crippen molar-refractivity contribution >= 4 is 0 Å². The third kappa shape index (κ3) is 4.20. The van der Waals surface area contributed by atoms with Crippen molar-refractivity contribution in [3.05, 3.63) is 48.7 Å². The molecule has 0 spiro atoms. The summed E-state index contributed by atoms with van der Waals surface area (Å²) in [6.45, 7) is 4.16. The maximum atomic E-state index is 5.76. The molecule has 0 atom stereocenters. The second-order valence-electron chi connectivity index (χ2n) is 5.14. The summed E-state index contributed by atoms with van der Waals surface area (Å²) in [6.07, 6.45) is 4.35. The zero-order valence-corrected chi connectivity index (χ0v) is 12.1. The van der Waals surface area contributed by atoms with Crippen LogP contribution in [0.25, 0.3) is 0 Å². The van der Waals surface area contributed by atoms with Crippen LogP contribution in [0.15, 0.2) is 48.7 Å². The van der Waals surface area contributed by atoms with E-state index in [1.54, 1.807) is 6.20 Å². The first kappa shape index (κ1) is 13.9. The van der Waals surface area contributed by atoms with E-state index in [-0.39, 0.29) is 0 Å². The lowest BCUT2D eigenvalue weighted by Gasteiger charge is -2.15. The topological polar surface area (TPSA) is 34.6 Å². The average Bonchev–Trinajstić information content (AvgIpc) is 3.03. The summed E-state index contributed by atoms with van der Waals surface area (Å²) in [5.74, 6) is 2.24. The number of hydrogen-bond acceptors (Lipinski definition) is 4. The summed E-state index contributed by atoms with van der Waals surface area (Å²) in [7, 11) is 0. The molecule has 4 nitrogen and oxygen atoms in total. The molecule has 4 heteroatoms. The van der Waals surface area contributed by atoms with Crippen LogP contribution in [0.4, 0.5) is 0 Å². The smallest absolute Gasteiger partial charge is 0.219 e. The highest BCUT2D eigenvalue weighted by molar-refractivity contribution is 5.33. The highest BCUT2D eigenvalue weighted by atomic mass is 16.5. The van der Waals surface area contributed by atoms with Crippen molar-refractivity contribution < 1.29 is 9.47 Å². The molecule has 1 aliphatic heterocycles. The van der Waals surface area contributed by atoms with Gasteiger partial charge in [0, 0.05) is 18.8 Å². The Balaban J connectivity index is 1.47. The molecular weight excluding hydrogens is 264 g/mol. The molecule has 21 heavy (non-hydrogen) atoms. The van der Waals surface area contributed by atoms with E-state index in [0.29, 0.717) is 5.88 Å². The summed E-state index contributed by atoms with van der Waals surface area (Å²) >= 11 is 0. The van der Waals surface area contributed by atoms with E-state index in [0.717, 1.165) is 24.7 Å². The summed E-state index contributed by atoms with van der Waals surface area (Å²) in [5, 5.41) is 0. The average molecular weight is 284 g/mol.